The summed E-state index contributed by atoms with van der Waals surface area (Å²) >= 11 is 0. The van der Waals surface area contributed by atoms with Crippen LogP contribution in [0.1, 0.15) is 43.1 Å². The highest BCUT2D eigenvalue weighted by atomic mass is 16.5. The second kappa shape index (κ2) is 6.90. The molecule has 1 atom stereocenters. The Morgan fingerprint density at radius 3 is 2.83 bits per heavy atom. The van der Waals surface area contributed by atoms with E-state index in [1.807, 2.05) is 18.2 Å². The summed E-state index contributed by atoms with van der Waals surface area (Å²) in [4.78, 5) is 15.1. The van der Waals surface area contributed by atoms with Crippen LogP contribution in [0.2, 0.25) is 0 Å². The minimum Gasteiger partial charge on any atom is -0.494 e. The van der Waals surface area contributed by atoms with Gasteiger partial charge in [0, 0.05) is 12.6 Å². The van der Waals surface area contributed by atoms with Crippen LogP contribution in [0.4, 0.5) is 5.82 Å². The zero-order chi connectivity index (χ0) is 17.1. The zero-order valence-corrected chi connectivity index (χ0v) is 14.0. The van der Waals surface area contributed by atoms with Crippen molar-refractivity contribution in [2.75, 3.05) is 18.6 Å². The van der Waals surface area contributed by atoms with E-state index >= 15 is 0 Å². The van der Waals surface area contributed by atoms with Gasteiger partial charge in [-0.15, -0.1) is 15.0 Å². The number of nitrogens with zero attached hydrogens (tertiary/aromatic N) is 4. The molecule has 0 saturated carbocycles. The Labute approximate surface area is 140 Å². The van der Waals surface area contributed by atoms with Gasteiger partial charge in [0.2, 0.25) is 5.69 Å². The average Bonchev–Trinajstić information content (AvgIpc) is 3.07. The van der Waals surface area contributed by atoms with Gasteiger partial charge in [-0.3, -0.25) is 0 Å². The number of para-hydroxylation sites is 2. The molecule has 1 aromatic carbocycles. The number of aromatic carboxylic acids is 1. The summed E-state index contributed by atoms with van der Waals surface area (Å²) in [6, 6.07) is 7.61. The molecule has 7 heteroatoms. The van der Waals surface area contributed by atoms with Gasteiger partial charge >= 0.3 is 5.97 Å². The van der Waals surface area contributed by atoms with Crippen molar-refractivity contribution in [1.29, 1.82) is 0 Å². The van der Waals surface area contributed by atoms with Gasteiger partial charge in [0.25, 0.3) is 0 Å². The number of hydrogen-bond donors (Lipinski definition) is 1. The van der Waals surface area contributed by atoms with Gasteiger partial charge in [-0.1, -0.05) is 19.1 Å². The molecule has 0 amide bonds. The van der Waals surface area contributed by atoms with Crippen LogP contribution in [0, 0.1) is 0 Å². The van der Waals surface area contributed by atoms with Gasteiger partial charge in [-0.05, 0) is 37.8 Å². The first-order valence-electron chi connectivity index (χ1n) is 8.26. The SMILES string of the molecule is CCC1CCCCN1c1nn(-c2ccccc2OC)nc1C(=O)O. The van der Waals surface area contributed by atoms with Crippen molar-refractivity contribution in [1.82, 2.24) is 15.0 Å². The minimum absolute atomic E-state index is 0.0127. The summed E-state index contributed by atoms with van der Waals surface area (Å²) in [5, 5.41) is 18.3. The summed E-state index contributed by atoms with van der Waals surface area (Å²) in [7, 11) is 1.57. The smallest absolute Gasteiger partial charge is 0.360 e. The third-order valence-corrected chi connectivity index (χ3v) is 4.47. The van der Waals surface area contributed by atoms with E-state index in [0.29, 0.717) is 23.3 Å². The highest BCUT2D eigenvalue weighted by Gasteiger charge is 2.29. The van der Waals surface area contributed by atoms with Gasteiger partial charge in [-0.2, -0.15) is 0 Å². The number of rotatable bonds is 5. The number of benzene rings is 1. The zero-order valence-electron chi connectivity index (χ0n) is 14.0. The maximum atomic E-state index is 11.7. The van der Waals surface area contributed by atoms with Crippen LogP contribution in [0.3, 0.4) is 0 Å². The topological polar surface area (TPSA) is 80.5 Å². The van der Waals surface area contributed by atoms with Gasteiger partial charge in [0.15, 0.2) is 5.82 Å². The van der Waals surface area contributed by atoms with Gasteiger partial charge < -0.3 is 14.7 Å². The van der Waals surface area contributed by atoms with Crippen molar-refractivity contribution in [3.05, 3.63) is 30.0 Å². The largest absolute Gasteiger partial charge is 0.494 e. The molecule has 7 nitrogen and oxygen atoms in total. The number of aromatic nitrogens is 3. The van der Waals surface area contributed by atoms with E-state index in [0.717, 1.165) is 32.2 Å². The maximum absolute atomic E-state index is 11.7. The number of piperidine rings is 1. The van der Waals surface area contributed by atoms with Crippen molar-refractivity contribution in [2.45, 2.75) is 38.6 Å². The summed E-state index contributed by atoms with van der Waals surface area (Å²) in [6.45, 7) is 2.93. The Morgan fingerprint density at radius 2 is 2.12 bits per heavy atom. The van der Waals surface area contributed by atoms with E-state index in [2.05, 4.69) is 22.0 Å². The number of methoxy groups -OCH3 is 1. The number of carboxylic acid groups (broad SMARTS) is 1. The molecule has 128 valence electrons. The Bertz CT molecular complexity index is 728. The molecular formula is C17H22N4O3. The van der Waals surface area contributed by atoms with Crippen LogP contribution in [0.5, 0.6) is 5.75 Å². The number of carbonyl (C=O) groups is 1. The first kappa shape index (κ1) is 16.3. The third kappa shape index (κ3) is 2.93. The van der Waals surface area contributed by atoms with E-state index in [-0.39, 0.29) is 5.69 Å². The lowest BCUT2D eigenvalue weighted by Gasteiger charge is -2.35. The quantitative estimate of drug-likeness (QED) is 0.908. The molecule has 1 N–H and O–H groups in total. The molecule has 1 unspecified atom stereocenters. The molecule has 2 heterocycles. The van der Waals surface area contributed by atoms with Crippen LogP contribution in [-0.4, -0.2) is 45.8 Å². The second-order valence-electron chi connectivity index (χ2n) is 5.89. The molecule has 3 rings (SSSR count). The fourth-order valence-corrected chi connectivity index (χ4v) is 3.24. The molecule has 0 aliphatic carbocycles. The summed E-state index contributed by atoms with van der Waals surface area (Å²) in [6.07, 6.45) is 4.22. The van der Waals surface area contributed by atoms with Gasteiger partial charge in [-0.25, -0.2) is 4.79 Å². The average molecular weight is 330 g/mol. The molecule has 1 fully saturated rings. The molecule has 0 bridgehead atoms. The molecule has 1 aromatic heterocycles. The summed E-state index contributed by atoms with van der Waals surface area (Å²) < 4.78 is 5.34. The van der Waals surface area contributed by atoms with E-state index in [4.69, 9.17) is 4.74 Å². The van der Waals surface area contributed by atoms with Crippen molar-refractivity contribution < 1.29 is 14.6 Å². The monoisotopic (exact) mass is 330 g/mol. The number of hydrogen-bond acceptors (Lipinski definition) is 5. The van der Waals surface area contributed by atoms with Crippen LogP contribution in [-0.2, 0) is 0 Å². The van der Waals surface area contributed by atoms with E-state index < -0.39 is 5.97 Å². The second-order valence-corrected chi connectivity index (χ2v) is 5.89. The fraction of sp³-hybridized carbons (Fsp3) is 0.471. The lowest BCUT2D eigenvalue weighted by Crippen LogP contribution is -2.40. The molecule has 1 aliphatic heterocycles. The standard InChI is InChI=1S/C17H22N4O3/c1-3-12-8-6-7-11-20(12)16-15(17(22)23)18-21(19-16)13-9-4-5-10-14(13)24-2/h4-5,9-10,12H,3,6-8,11H2,1-2H3,(H,22,23). The third-order valence-electron chi connectivity index (χ3n) is 4.47. The normalized spacial score (nSPS) is 17.8. The van der Waals surface area contributed by atoms with E-state index in [1.165, 1.54) is 4.80 Å². The van der Waals surface area contributed by atoms with Crippen molar-refractivity contribution in [3.8, 4) is 11.4 Å². The van der Waals surface area contributed by atoms with Crippen LogP contribution < -0.4 is 9.64 Å². The Morgan fingerprint density at radius 1 is 1.33 bits per heavy atom. The highest BCUT2D eigenvalue weighted by molar-refractivity contribution is 5.91. The first-order valence-corrected chi connectivity index (χ1v) is 8.26. The molecule has 0 spiro atoms. The Balaban J connectivity index is 2.07. The molecule has 0 radical (unpaired) electrons. The van der Waals surface area contributed by atoms with Crippen LogP contribution in [0.15, 0.2) is 24.3 Å². The molecule has 2 aromatic rings. The molecule has 1 aliphatic rings. The molecule has 24 heavy (non-hydrogen) atoms. The van der Waals surface area contributed by atoms with E-state index in [9.17, 15) is 9.90 Å². The number of anilines is 1. The van der Waals surface area contributed by atoms with E-state index in [1.54, 1.807) is 13.2 Å². The Hall–Kier alpha value is -2.57. The Kier molecular flexibility index (Phi) is 4.69. The lowest BCUT2D eigenvalue weighted by molar-refractivity contribution is 0.0690. The first-order chi connectivity index (χ1) is 11.7. The number of carboxylic acids is 1. The maximum Gasteiger partial charge on any atom is 0.360 e. The van der Waals surface area contributed by atoms with Crippen molar-refractivity contribution in [2.24, 2.45) is 0 Å². The summed E-state index contributed by atoms with van der Waals surface area (Å²) in [5.41, 5.74) is 0.611. The minimum atomic E-state index is -1.06. The lowest BCUT2D eigenvalue weighted by atomic mass is 10.00. The summed E-state index contributed by atoms with van der Waals surface area (Å²) in [5.74, 6) is -0.0202. The van der Waals surface area contributed by atoms with Crippen molar-refractivity contribution in [3.63, 3.8) is 0 Å². The predicted octanol–water partition coefficient (Wildman–Crippen LogP) is 2.74. The van der Waals surface area contributed by atoms with Crippen molar-refractivity contribution >= 4 is 11.8 Å². The number of ether oxygens (including phenoxy) is 1. The highest BCUT2D eigenvalue weighted by Crippen LogP contribution is 2.29. The predicted molar refractivity (Wildman–Crippen MR) is 90.1 cm³/mol. The van der Waals surface area contributed by atoms with Gasteiger partial charge in [0.1, 0.15) is 11.4 Å². The fourth-order valence-electron chi connectivity index (χ4n) is 3.24. The van der Waals surface area contributed by atoms with Crippen LogP contribution >= 0.6 is 0 Å². The van der Waals surface area contributed by atoms with Crippen LogP contribution in [0.25, 0.3) is 5.69 Å². The van der Waals surface area contributed by atoms with Gasteiger partial charge in [0.05, 0.1) is 7.11 Å². The molecule has 1 saturated heterocycles. The molecular weight excluding hydrogens is 308 g/mol.